The number of pyridine rings is 1. The van der Waals surface area contributed by atoms with Crippen LogP contribution in [-0.2, 0) is 11.2 Å². The number of ether oxygens (including phenoxy) is 2. The van der Waals surface area contributed by atoms with Crippen molar-refractivity contribution < 1.29 is 9.47 Å². The molecule has 0 aliphatic carbocycles. The van der Waals surface area contributed by atoms with Crippen LogP contribution in [0.5, 0.6) is 5.75 Å². The van der Waals surface area contributed by atoms with Gasteiger partial charge in [0.1, 0.15) is 5.75 Å². The van der Waals surface area contributed by atoms with Crippen molar-refractivity contribution in [3.63, 3.8) is 0 Å². The van der Waals surface area contributed by atoms with Crippen molar-refractivity contribution >= 4 is 0 Å². The molecule has 20 heavy (non-hydrogen) atoms. The zero-order valence-electron chi connectivity index (χ0n) is 12.3. The van der Waals surface area contributed by atoms with E-state index in [2.05, 4.69) is 11.1 Å². The smallest absolute Gasteiger partial charge is 0.128 e. The van der Waals surface area contributed by atoms with E-state index < -0.39 is 5.41 Å². The quantitative estimate of drug-likeness (QED) is 0.849. The average Bonchev–Trinajstić information content (AvgIpc) is 3.04. The van der Waals surface area contributed by atoms with Gasteiger partial charge in [-0.2, -0.15) is 5.26 Å². The lowest BCUT2D eigenvalue weighted by Crippen LogP contribution is -2.33. The van der Waals surface area contributed by atoms with E-state index in [1.807, 2.05) is 20.0 Å². The Kier molecular flexibility index (Phi) is 3.18. The van der Waals surface area contributed by atoms with Gasteiger partial charge in [-0.3, -0.25) is 4.98 Å². The summed E-state index contributed by atoms with van der Waals surface area (Å²) in [5.74, 6) is 0.882. The number of nitriles is 1. The monoisotopic (exact) mass is 272 g/mol. The molecule has 2 aliphatic heterocycles. The van der Waals surface area contributed by atoms with Crippen molar-refractivity contribution in [2.24, 2.45) is 5.41 Å². The Balaban J connectivity index is 1.93. The molecule has 3 atom stereocenters. The summed E-state index contributed by atoms with van der Waals surface area (Å²) >= 11 is 0. The Bertz CT molecular complexity index is 579. The van der Waals surface area contributed by atoms with Gasteiger partial charge in [0.15, 0.2) is 0 Å². The van der Waals surface area contributed by atoms with Crippen LogP contribution in [0.3, 0.4) is 0 Å². The van der Waals surface area contributed by atoms with Gasteiger partial charge in [-0.25, -0.2) is 0 Å². The molecule has 0 N–H and O–H groups in total. The standard InChI is InChI=1S/C16H20N2O2/c1-10-8-18-13(11(2)15(10)19-3)7-16(9-17)6-12-4-5-14(16)20-12/h8,12,14H,4-7H2,1-3H3. The van der Waals surface area contributed by atoms with Crippen LogP contribution in [0.2, 0.25) is 0 Å². The van der Waals surface area contributed by atoms with Crippen molar-refractivity contribution in [3.05, 3.63) is 23.0 Å². The second-order valence-electron chi connectivity index (χ2n) is 6.02. The molecule has 1 aromatic heterocycles. The molecular formula is C16H20N2O2. The maximum absolute atomic E-state index is 9.68. The van der Waals surface area contributed by atoms with E-state index in [0.29, 0.717) is 6.42 Å². The van der Waals surface area contributed by atoms with Gasteiger partial charge < -0.3 is 9.47 Å². The van der Waals surface area contributed by atoms with Gasteiger partial charge in [-0.1, -0.05) is 0 Å². The van der Waals surface area contributed by atoms with E-state index in [9.17, 15) is 5.26 Å². The van der Waals surface area contributed by atoms with E-state index in [-0.39, 0.29) is 12.2 Å². The molecule has 0 saturated carbocycles. The highest BCUT2D eigenvalue weighted by Gasteiger charge is 2.53. The summed E-state index contributed by atoms with van der Waals surface area (Å²) in [5.41, 5.74) is 2.64. The van der Waals surface area contributed by atoms with Gasteiger partial charge >= 0.3 is 0 Å². The summed E-state index contributed by atoms with van der Waals surface area (Å²) in [6.45, 7) is 4.01. The number of fused-ring (bicyclic) bond motifs is 2. The van der Waals surface area contributed by atoms with Crippen LogP contribution < -0.4 is 4.74 Å². The predicted molar refractivity (Wildman–Crippen MR) is 74.5 cm³/mol. The Morgan fingerprint density at radius 2 is 2.30 bits per heavy atom. The molecule has 2 fully saturated rings. The van der Waals surface area contributed by atoms with E-state index in [4.69, 9.17) is 9.47 Å². The topological polar surface area (TPSA) is 55.1 Å². The number of nitrogens with zero attached hydrogens (tertiary/aromatic N) is 2. The first-order valence-corrected chi connectivity index (χ1v) is 7.15. The molecule has 3 unspecified atom stereocenters. The lowest BCUT2D eigenvalue weighted by atomic mass is 9.71. The highest BCUT2D eigenvalue weighted by Crippen LogP contribution is 2.49. The Hall–Kier alpha value is -1.60. The van der Waals surface area contributed by atoms with Crippen molar-refractivity contribution in [3.8, 4) is 11.8 Å². The van der Waals surface area contributed by atoms with Crippen LogP contribution in [0.25, 0.3) is 0 Å². The Labute approximate surface area is 119 Å². The summed E-state index contributed by atoms with van der Waals surface area (Å²) in [4.78, 5) is 4.54. The van der Waals surface area contributed by atoms with Gasteiger partial charge in [-0.05, 0) is 33.1 Å². The fourth-order valence-corrected chi connectivity index (χ4v) is 3.69. The van der Waals surface area contributed by atoms with E-state index >= 15 is 0 Å². The molecule has 2 saturated heterocycles. The highest BCUT2D eigenvalue weighted by molar-refractivity contribution is 5.42. The summed E-state index contributed by atoms with van der Waals surface area (Å²) in [7, 11) is 1.68. The molecule has 3 heterocycles. The number of hydrogen-bond donors (Lipinski definition) is 0. The average molecular weight is 272 g/mol. The maximum Gasteiger partial charge on any atom is 0.128 e. The fourth-order valence-electron chi connectivity index (χ4n) is 3.69. The maximum atomic E-state index is 9.68. The first kappa shape index (κ1) is 13.4. The zero-order valence-corrected chi connectivity index (χ0v) is 12.3. The van der Waals surface area contributed by atoms with Crippen molar-refractivity contribution in [1.82, 2.24) is 4.98 Å². The Morgan fingerprint density at radius 1 is 1.50 bits per heavy atom. The van der Waals surface area contributed by atoms with Crippen LogP contribution >= 0.6 is 0 Å². The molecule has 4 nitrogen and oxygen atoms in total. The van der Waals surface area contributed by atoms with E-state index in [1.165, 1.54) is 0 Å². The molecule has 0 radical (unpaired) electrons. The number of aromatic nitrogens is 1. The molecule has 1 aromatic rings. The minimum Gasteiger partial charge on any atom is -0.496 e. The third-order valence-corrected chi connectivity index (χ3v) is 4.77. The van der Waals surface area contributed by atoms with Gasteiger partial charge in [0.25, 0.3) is 0 Å². The third kappa shape index (κ3) is 1.89. The van der Waals surface area contributed by atoms with Crippen LogP contribution in [0.1, 0.15) is 36.1 Å². The van der Waals surface area contributed by atoms with Crippen molar-refractivity contribution in [2.75, 3.05) is 7.11 Å². The molecule has 0 aromatic carbocycles. The molecule has 0 spiro atoms. The lowest BCUT2D eigenvalue weighted by Gasteiger charge is -2.28. The van der Waals surface area contributed by atoms with E-state index in [0.717, 1.165) is 41.8 Å². The first-order chi connectivity index (χ1) is 9.59. The summed E-state index contributed by atoms with van der Waals surface area (Å²) in [6, 6.07) is 2.53. The number of methoxy groups -OCH3 is 1. The van der Waals surface area contributed by atoms with Crippen LogP contribution in [0.15, 0.2) is 6.20 Å². The first-order valence-electron chi connectivity index (χ1n) is 7.15. The molecule has 0 amide bonds. The zero-order chi connectivity index (χ0) is 14.3. The van der Waals surface area contributed by atoms with Crippen molar-refractivity contribution in [1.29, 1.82) is 5.26 Å². The van der Waals surface area contributed by atoms with Crippen molar-refractivity contribution in [2.45, 2.75) is 51.7 Å². The normalized spacial score (nSPS) is 31.3. The van der Waals surface area contributed by atoms with Gasteiger partial charge in [0.2, 0.25) is 0 Å². The summed E-state index contributed by atoms with van der Waals surface area (Å²) < 4.78 is 11.3. The summed E-state index contributed by atoms with van der Waals surface area (Å²) in [6.07, 6.45) is 5.77. The van der Waals surface area contributed by atoms with Crippen LogP contribution in [0.4, 0.5) is 0 Å². The Morgan fingerprint density at radius 3 is 2.85 bits per heavy atom. The second-order valence-corrected chi connectivity index (χ2v) is 6.02. The number of hydrogen-bond acceptors (Lipinski definition) is 4. The SMILES string of the molecule is COc1c(C)cnc(CC2(C#N)CC3CCC2O3)c1C. The van der Waals surface area contributed by atoms with Gasteiger partial charge in [-0.15, -0.1) is 0 Å². The molecule has 4 heteroatoms. The molecule has 2 aliphatic rings. The second kappa shape index (κ2) is 4.75. The molecule has 106 valence electrons. The molecular weight excluding hydrogens is 252 g/mol. The largest absolute Gasteiger partial charge is 0.496 e. The minimum atomic E-state index is -0.402. The predicted octanol–water partition coefficient (Wildman–Crippen LogP) is 2.71. The van der Waals surface area contributed by atoms with Gasteiger partial charge in [0, 0.05) is 29.4 Å². The van der Waals surface area contributed by atoms with Gasteiger partial charge in [0.05, 0.1) is 30.8 Å². The van der Waals surface area contributed by atoms with E-state index in [1.54, 1.807) is 7.11 Å². The van der Waals surface area contributed by atoms with Crippen LogP contribution in [-0.4, -0.2) is 24.3 Å². The minimum absolute atomic E-state index is 0.0750. The number of aryl methyl sites for hydroxylation is 1. The molecule has 3 rings (SSSR count). The lowest BCUT2D eigenvalue weighted by molar-refractivity contribution is 0.0784. The molecule has 2 bridgehead atoms. The number of rotatable bonds is 3. The summed E-state index contributed by atoms with van der Waals surface area (Å²) in [5, 5.41) is 9.68. The van der Waals surface area contributed by atoms with Crippen LogP contribution in [0, 0.1) is 30.6 Å². The fraction of sp³-hybridized carbons (Fsp3) is 0.625. The highest BCUT2D eigenvalue weighted by atomic mass is 16.5. The third-order valence-electron chi connectivity index (χ3n) is 4.77.